The molecule has 3 nitrogen and oxygen atoms in total. The van der Waals surface area contributed by atoms with Crippen LogP contribution in [-0.4, -0.2) is 25.2 Å². The maximum Gasteiger partial charge on any atom is 0.308 e. The minimum Gasteiger partial charge on any atom is -0.464 e. The largest absolute Gasteiger partial charge is 0.464 e. The van der Waals surface area contributed by atoms with Gasteiger partial charge in [-0.2, -0.15) is 0 Å². The lowest BCUT2D eigenvalue weighted by atomic mass is 9.89. The van der Waals surface area contributed by atoms with Crippen LogP contribution in [0.2, 0.25) is 0 Å². The molecule has 17 heavy (non-hydrogen) atoms. The molecular weight excluding hydrogens is 214 g/mol. The lowest BCUT2D eigenvalue weighted by Gasteiger charge is -2.22. The first kappa shape index (κ1) is 14.5. The fraction of sp³-hybridized carbons (Fsp3) is 0.929. The Bertz CT molecular complexity index is 212. The average molecular weight is 241 g/mol. The van der Waals surface area contributed by atoms with Crippen molar-refractivity contribution in [3.8, 4) is 0 Å². The van der Waals surface area contributed by atoms with Crippen molar-refractivity contribution in [2.45, 2.75) is 64.8 Å². The number of nitrogens with one attached hydrogen (secondary N) is 1. The molecule has 0 radical (unpaired) electrons. The monoisotopic (exact) mass is 241 g/mol. The molecule has 1 fully saturated rings. The molecule has 0 aromatic carbocycles. The second kappa shape index (κ2) is 8.51. The maximum absolute atomic E-state index is 11.8. The molecule has 0 saturated heterocycles. The van der Waals surface area contributed by atoms with E-state index in [1.54, 1.807) is 0 Å². The van der Waals surface area contributed by atoms with Gasteiger partial charge in [-0.05, 0) is 32.2 Å². The van der Waals surface area contributed by atoms with E-state index in [0.29, 0.717) is 12.6 Å². The third-order valence-electron chi connectivity index (χ3n) is 3.54. The number of carbonyl (C=O) groups is 1. The summed E-state index contributed by atoms with van der Waals surface area (Å²) in [5, 5.41) is 3.40. The van der Waals surface area contributed by atoms with E-state index < -0.39 is 0 Å². The molecule has 0 spiro atoms. The third-order valence-corrected chi connectivity index (χ3v) is 3.54. The standard InChI is InChI=1S/C14H27NO2/c1-3-10-15-13(4-2)11-17-14(16)12-8-6-5-7-9-12/h12-13,15H,3-11H2,1-2H3. The van der Waals surface area contributed by atoms with E-state index in [-0.39, 0.29) is 11.9 Å². The Morgan fingerprint density at radius 2 is 2.00 bits per heavy atom. The topological polar surface area (TPSA) is 38.3 Å². The van der Waals surface area contributed by atoms with Gasteiger partial charge in [-0.25, -0.2) is 0 Å². The molecular formula is C14H27NO2. The smallest absolute Gasteiger partial charge is 0.308 e. The van der Waals surface area contributed by atoms with Crippen molar-refractivity contribution < 1.29 is 9.53 Å². The Hall–Kier alpha value is -0.570. The zero-order valence-electron chi connectivity index (χ0n) is 11.3. The van der Waals surface area contributed by atoms with Crippen LogP contribution in [0.25, 0.3) is 0 Å². The first-order valence-electron chi connectivity index (χ1n) is 7.18. The van der Waals surface area contributed by atoms with Crippen molar-refractivity contribution >= 4 is 5.97 Å². The van der Waals surface area contributed by atoms with E-state index >= 15 is 0 Å². The molecule has 100 valence electrons. The Balaban J connectivity index is 2.20. The number of ether oxygens (including phenoxy) is 1. The molecule has 0 aromatic heterocycles. The summed E-state index contributed by atoms with van der Waals surface area (Å²) in [6.45, 7) is 5.81. The predicted molar refractivity (Wildman–Crippen MR) is 69.9 cm³/mol. The zero-order valence-corrected chi connectivity index (χ0v) is 11.3. The maximum atomic E-state index is 11.8. The van der Waals surface area contributed by atoms with Gasteiger partial charge in [0.2, 0.25) is 0 Å². The summed E-state index contributed by atoms with van der Waals surface area (Å²) in [6, 6.07) is 0.322. The van der Waals surface area contributed by atoms with Gasteiger partial charge in [-0.15, -0.1) is 0 Å². The first-order valence-corrected chi connectivity index (χ1v) is 7.18. The molecule has 1 rings (SSSR count). The Morgan fingerprint density at radius 1 is 1.29 bits per heavy atom. The molecule has 1 unspecified atom stereocenters. The van der Waals surface area contributed by atoms with E-state index in [2.05, 4.69) is 19.2 Å². The van der Waals surface area contributed by atoms with E-state index in [1.165, 1.54) is 19.3 Å². The first-order chi connectivity index (χ1) is 8.27. The van der Waals surface area contributed by atoms with Gasteiger partial charge in [0, 0.05) is 6.04 Å². The summed E-state index contributed by atoms with van der Waals surface area (Å²) < 4.78 is 5.43. The van der Waals surface area contributed by atoms with Crippen molar-refractivity contribution in [1.82, 2.24) is 5.32 Å². The lowest BCUT2D eigenvalue weighted by Crippen LogP contribution is -2.35. The van der Waals surface area contributed by atoms with Gasteiger partial charge >= 0.3 is 5.97 Å². The van der Waals surface area contributed by atoms with E-state index in [4.69, 9.17) is 4.74 Å². The number of esters is 1. The van der Waals surface area contributed by atoms with Gasteiger partial charge in [0.25, 0.3) is 0 Å². The van der Waals surface area contributed by atoms with Gasteiger partial charge in [0.15, 0.2) is 0 Å². The molecule has 0 aromatic rings. The van der Waals surface area contributed by atoms with Crippen molar-refractivity contribution in [2.75, 3.05) is 13.2 Å². The van der Waals surface area contributed by atoms with Crippen LogP contribution in [0.15, 0.2) is 0 Å². The van der Waals surface area contributed by atoms with Crippen LogP contribution in [0.4, 0.5) is 0 Å². The minimum absolute atomic E-state index is 0.0291. The normalized spacial score (nSPS) is 18.9. The van der Waals surface area contributed by atoms with Gasteiger partial charge < -0.3 is 10.1 Å². The Labute approximate surface area is 105 Å². The molecule has 1 saturated carbocycles. The Morgan fingerprint density at radius 3 is 2.59 bits per heavy atom. The number of hydrogen-bond acceptors (Lipinski definition) is 3. The van der Waals surface area contributed by atoms with Crippen molar-refractivity contribution in [1.29, 1.82) is 0 Å². The summed E-state index contributed by atoms with van der Waals surface area (Å²) in [6.07, 6.45) is 7.83. The fourth-order valence-electron chi connectivity index (χ4n) is 2.31. The van der Waals surface area contributed by atoms with E-state index in [1.807, 2.05) is 0 Å². The molecule has 1 N–H and O–H groups in total. The van der Waals surface area contributed by atoms with Crippen molar-refractivity contribution in [2.24, 2.45) is 5.92 Å². The third kappa shape index (κ3) is 5.53. The second-order valence-corrected chi connectivity index (χ2v) is 5.02. The van der Waals surface area contributed by atoms with Crippen LogP contribution in [0.5, 0.6) is 0 Å². The molecule has 0 heterocycles. The van der Waals surface area contributed by atoms with Gasteiger partial charge in [-0.3, -0.25) is 4.79 Å². The molecule has 1 aliphatic carbocycles. The summed E-state index contributed by atoms with van der Waals surface area (Å²) in [5.41, 5.74) is 0. The number of hydrogen-bond donors (Lipinski definition) is 1. The van der Waals surface area contributed by atoms with Gasteiger partial charge in [-0.1, -0.05) is 33.1 Å². The Kier molecular flexibility index (Phi) is 7.25. The van der Waals surface area contributed by atoms with Crippen LogP contribution >= 0.6 is 0 Å². The summed E-state index contributed by atoms with van der Waals surface area (Å²) in [7, 11) is 0. The van der Waals surface area contributed by atoms with E-state index in [0.717, 1.165) is 32.2 Å². The molecule has 0 amide bonds. The highest BCUT2D eigenvalue weighted by atomic mass is 16.5. The highest BCUT2D eigenvalue weighted by molar-refractivity contribution is 5.72. The second-order valence-electron chi connectivity index (χ2n) is 5.02. The predicted octanol–water partition coefficient (Wildman–Crippen LogP) is 2.89. The highest BCUT2D eigenvalue weighted by Gasteiger charge is 2.22. The highest BCUT2D eigenvalue weighted by Crippen LogP contribution is 2.24. The van der Waals surface area contributed by atoms with E-state index in [9.17, 15) is 4.79 Å². The number of rotatable bonds is 7. The molecule has 0 bridgehead atoms. The van der Waals surface area contributed by atoms with Crippen LogP contribution in [0, 0.1) is 5.92 Å². The quantitative estimate of drug-likeness (QED) is 0.697. The van der Waals surface area contributed by atoms with Gasteiger partial charge in [0.05, 0.1) is 5.92 Å². The fourth-order valence-corrected chi connectivity index (χ4v) is 2.31. The molecule has 1 atom stereocenters. The SMILES string of the molecule is CCCNC(CC)COC(=O)C1CCCCC1. The number of carbonyl (C=O) groups excluding carboxylic acids is 1. The summed E-state index contributed by atoms with van der Waals surface area (Å²) in [5.74, 6) is 0.203. The van der Waals surface area contributed by atoms with Crippen molar-refractivity contribution in [3.05, 3.63) is 0 Å². The minimum atomic E-state index is 0.0291. The van der Waals surface area contributed by atoms with Crippen molar-refractivity contribution in [3.63, 3.8) is 0 Å². The van der Waals surface area contributed by atoms with Crippen LogP contribution in [0.1, 0.15) is 58.8 Å². The van der Waals surface area contributed by atoms with Crippen LogP contribution < -0.4 is 5.32 Å². The molecule has 0 aliphatic heterocycles. The average Bonchev–Trinajstić information content (AvgIpc) is 2.39. The zero-order chi connectivity index (χ0) is 12.5. The summed E-state index contributed by atoms with van der Waals surface area (Å²) >= 11 is 0. The van der Waals surface area contributed by atoms with Crippen LogP contribution in [-0.2, 0) is 9.53 Å². The van der Waals surface area contributed by atoms with Crippen LogP contribution in [0.3, 0.4) is 0 Å². The molecule has 3 heteroatoms. The summed E-state index contributed by atoms with van der Waals surface area (Å²) in [4.78, 5) is 11.8. The molecule has 1 aliphatic rings. The lowest BCUT2D eigenvalue weighted by molar-refractivity contribution is -0.150. The van der Waals surface area contributed by atoms with Gasteiger partial charge in [0.1, 0.15) is 6.61 Å².